The first-order valence-electron chi connectivity index (χ1n) is 11.5. The third-order valence-corrected chi connectivity index (χ3v) is 7.67. The summed E-state index contributed by atoms with van der Waals surface area (Å²) in [5, 5.41) is 0. The van der Waals surface area contributed by atoms with Crippen molar-refractivity contribution in [3.8, 4) is 0 Å². The van der Waals surface area contributed by atoms with Gasteiger partial charge in [-0.05, 0) is 63.8 Å². The van der Waals surface area contributed by atoms with Gasteiger partial charge in [0, 0.05) is 26.2 Å². The van der Waals surface area contributed by atoms with E-state index in [1.165, 1.54) is 0 Å². The molecule has 2 unspecified atom stereocenters. The maximum atomic E-state index is 13.4. The topological polar surface area (TPSA) is 69.7 Å². The predicted octanol–water partition coefficient (Wildman–Crippen LogP) is 3.60. The average molecular weight is 458 g/mol. The first-order valence-corrected chi connectivity index (χ1v) is 13.0. The van der Waals surface area contributed by atoms with Gasteiger partial charge in [-0.25, -0.2) is 13.1 Å². The van der Waals surface area contributed by atoms with Crippen molar-refractivity contribution in [3.63, 3.8) is 0 Å². The number of piperidine rings is 1. The van der Waals surface area contributed by atoms with Crippen LogP contribution in [0.2, 0.25) is 0 Å². The fourth-order valence-corrected chi connectivity index (χ4v) is 5.50. The van der Waals surface area contributed by atoms with Crippen molar-refractivity contribution in [2.75, 3.05) is 32.7 Å². The summed E-state index contributed by atoms with van der Waals surface area (Å²) >= 11 is 0. The molecule has 6 nitrogen and oxygen atoms in total. The van der Waals surface area contributed by atoms with E-state index in [9.17, 15) is 13.2 Å². The van der Waals surface area contributed by atoms with Gasteiger partial charge in [0.1, 0.15) is 6.04 Å². The molecule has 2 aromatic rings. The molecular formula is C25H35N3O3S. The van der Waals surface area contributed by atoms with Crippen molar-refractivity contribution in [1.82, 2.24) is 14.5 Å². The van der Waals surface area contributed by atoms with Crippen molar-refractivity contribution in [3.05, 3.63) is 65.7 Å². The molecule has 32 heavy (non-hydrogen) atoms. The number of sulfonamides is 1. The van der Waals surface area contributed by atoms with Crippen molar-refractivity contribution < 1.29 is 13.2 Å². The van der Waals surface area contributed by atoms with E-state index in [-0.39, 0.29) is 22.8 Å². The molecule has 7 heteroatoms. The Morgan fingerprint density at radius 1 is 1.09 bits per heavy atom. The maximum Gasteiger partial charge on any atom is 0.244 e. The number of amides is 1. The zero-order chi connectivity index (χ0) is 23.1. The van der Waals surface area contributed by atoms with Gasteiger partial charge in [0.25, 0.3) is 0 Å². The van der Waals surface area contributed by atoms with Gasteiger partial charge in [-0.1, -0.05) is 48.0 Å². The van der Waals surface area contributed by atoms with Gasteiger partial charge in [0.15, 0.2) is 0 Å². The Kier molecular flexibility index (Phi) is 8.45. The van der Waals surface area contributed by atoms with Gasteiger partial charge in [0.05, 0.1) is 4.90 Å². The smallest absolute Gasteiger partial charge is 0.244 e. The molecule has 1 amide bonds. The number of carbonyl (C=O) groups excluding carboxylic acids is 1. The molecule has 0 saturated carbocycles. The van der Waals surface area contributed by atoms with E-state index in [4.69, 9.17) is 0 Å². The van der Waals surface area contributed by atoms with Crippen LogP contribution >= 0.6 is 0 Å². The zero-order valence-electron chi connectivity index (χ0n) is 19.3. The van der Waals surface area contributed by atoms with Crippen LogP contribution in [0.15, 0.2) is 59.5 Å². The number of hydrogen-bond donors (Lipinski definition) is 1. The Bertz CT molecular complexity index is 973. The number of likely N-dealkylation sites (tertiary alicyclic amines) is 1. The molecule has 3 rings (SSSR count). The molecule has 0 aromatic heterocycles. The molecule has 1 fully saturated rings. The number of aryl methyl sites for hydroxylation is 1. The molecule has 174 valence electrons. The number of nitrogens with zero attached hydrogens (tertiary/aromatic N) is 2. The van der Waals surface area contributed by atoms with Crippen molar-refractivity contribution in [2.45, 2.75) is 44.6 Å². The molecular weight excluding hydrogens is 422 g/mol. The Hall–Kier alpha value is -2.22. The Labute approximate surface area is 192 Å². The van der Waals surface area contributed by atoms with Crippen molar-refractivity contribution in [2.24, 2.45) is 5.92 Å². The van der Waals surface area contributed by atoms with E-state index < -0.39 is 10.0 Å². The highest BCUT2D eigenvalue weighted by Crippen LogP contribution is 2.29. The third-order valence-electron chi connectivity index (χ3n) is 6.23. The molecule has 0 aliphatic carbocycles. The van der Waals surface area contributed by atoms with Gasteiger partial charge >= 0.3 is 0 Å². The van der Waals surface area contributed by atoms with Crippen LogP contribution in [0, 0.1) is 12.8 Å². The van der Waals surface area contributed by atoms with E-state index in [0.717, 1.165) is 30.5 Å². The normalized spacial score (nSPS) is 18.3. The summed E-state index contributed by atoms with van der Waals surface area (Å²) in [4.78, 5) is 17.8. The van der Waals surface area contributed by atoms with Crippen LogP contribution in [0.5, 0.6) is 0 Å². The Balaban J connectivity index is 1.73. The Morgan fingerprint density at radius 3 is 2.38 bits per heavy atom. The van der Waals surface area contributed by atoms with Gasteiger partial charge in [-0.2, -0.15) is 0 Å². The highest BCUT2D eigenvalue weighted by Gasteiger charge is 2.34. The molecule has 2 aromatic carbocycles. The number of rotatable bonds is 9. The number of nitrogens with one attached hydrogen (secondary N) is 1. The van der Waals surface area contributed by atoms with Crippen LogP contribution in [0.4, 0.5) is 0 Å². The summed E-state index contributed by atoms with van der Waals surface area (Å²) in [6, 6.07) is 16.5. The average Bonchev–Trinajstić information content (AvgIpc) is 2.80. The number of likely N-dealkylation sites (N-methyl/N-ethyl adjacent to an activating group) is 1. The fraction of sp³-hybridized carbons (Fsp3) is 0.480. The molecule has 1 N–H and O–H groups in total. The molecule has 0 radical (unpaired) electrons. The quantitative estimate of drug-likeness (QED) is 0.625. The van der Waals surface area contributed by atoms with E-state index in [2.05, 4.69) is 9.62 Å². The van der Waals surface area contributed by atoms with Crippen LogP contribution in [-0.2, 0) is 14.8 Å². The molecule has 1 heterocycles. The summed E-state index contributed by atoms with van der Waals surface area (Å²) in [6.45, 7) is 9.16. The summed E-state index contributed by atoms with van der Waals surface area (Å²) in [5.74, 6) is 0.266. The first kappa shape index (κ1) is 24.4. The monoisotopic (exact) mass is 457 g/mol. The van der Waals surface area contributed by atoms with Gasteiger partial charge < -0.3 is 4.90 Å². The van der Waals surface area contributed by atoms with Crippen LogP contribution in [-0.4, -0.2) is 56.8 Å². The van der Waals surface area contributed by atoms with E-state index in [1.807, 2.05) is 56.0 Å². The number of hydrogen-bond acceptors (Lipinski definition) is 4. The van der Waals surface area contributed by atoms with E-state index in [1.54, 1.807) is 24.3 Å². The van der Waals surface area contributed by atoms with Gasteiger partial charge in [-0.3, -0.25) is 9.69 Å². The number of carbonyl (C=O) groups is 1. The summed E-state index contributed by atoms with van der Waals surface area (Å²) in [6.07, 6.45) is 1.87. The van der Waals surface area contributed by atoms with E-state index in [0.29, 0.717) is 26.2 Å². The third kappa shape index (κ3) is 5.97. The van der Waals surface area contributed by atoms with E-state index >= 15 is 0 Å². The zero-order valence-corrected chi connectivity index (χ0v) is 20.1. The Morgan fingerprint density at radius 2 is 1.75 bits per heavy atom. The second kappa shape index (κ2) is 11.1. The van der Waals surface area contributed by atoms with Crippen LogP contribution in [0.3, 0.4) is 0 Å². The van der Waals surface area contributed by atoms with Crippen LogP contribution in [0.25, 0.3) is 0 Å². The molecule has 1 aliphatic heterocycles. The predicted molar refractivity (Wildman–Crippen MR) is 128 cm³/mol. The first-order chi connectivity index (χ1) is 15.4. The highest BCUT2D eigenvalue weighted by atomic mass is 32.2. The molecule has 1 aliphatic rings. The summed E-state index contributed by atoms with van der Waals surface area (Å²) in [5.41, 5.74) is 2.02. The summed E-state index contributed by atoms with van der Waals surface area (Å²) < 4.78 is 28.2. The number of benzene rings is 2. The molecule has 0 spiro atoms. The lowest BCUT2D eigenvalue weighted by molar-refractivity contribution is -0.137. The van der Waals surface area contributed by atoms with Crippen LogP contribution in [0.1, 0.15) is 43.9 Å². The molecule has 0 bridgehead atoms. The molecule has 1 saturated heterocycles. The second-order valence-electron chi connectivity index (χ2n) is 8.49. The second-order valence-corrected chi connectivity index (χ2v) is 10.3. The minimum absolute atomic E-state index is 0.113. The maximum absolute atomic E-state index is 13.4. The highest BCUT2D eigenvalue weighted by molar-refractivity contribution is 7.89. The van der Waals surface area contributed by atoms with Crippen molar-refractivity contribution >= 4 is 15.9 Å². The van der Waals surface area contributed by atoms with Gasteiger partial charge in [0.2, 0.25) is 15.9 Å². The minimum Gasteiger partial charge on any atom is -0.342 e. The lowest BCUT2D eigenvalue weighted by Crippen LogP contribution is -2.48. The lowest BCUT2D eigenvalue weighted by atomic mass is 9.94. The lowest BCUT2D eigenvalue weighted by Gasteiger charge is -2.39. The van der Waals surface area contributed by atoms with Crippen LogP contribution < -0.4 is 4.72 Å². The summed E-state index contributed by atoms with van der Waals surface area (Å²) in [7, 11) is -3.55. The fourth-order valence-electron chi connectivity index (χ4n) is 4.38. The van der Waals surface area contributed by atoms with Crippen molar-refractivity contribution in [1.29, 1.82) is 0 Å². The largest absolute Gasteiger partial charge is 0.342 e. The SMILES string of the molecule is CCN(CC)C(=O)C(c1ccccc1)N1CCCC(CNS(=O)(=O)c2ccc(C)cc2)C1. The van der Waals surface area contributed by atoms with Gasteiger partial charge in [-0.15, -0.1) is 0 Å². The molecule has 2 atom stereocenters. The minimum atomic E-state index is -3.55. The standard InChI is InChI=1S/C25H35N3O3S/c1-4-27(5-2)25(29)24(22-11-7-6-8-12-22)28-17-9-10-21(19-28)18-26-32(30,31)23-15-13-20(3)14-16-23/h6-8,11-16,21,24,26H,4-5,9-10,17-19H2,1-3H3.